The molecule has 0 heterocycles. The molecule has 3 atom stereocenters. The quantitative estimate of drug-likeness (QED) is 0.207. The van der Waals surface area contributed by atoms with Crippen molar-refractivity contribution in [2.75, 3.05) is 6.61 Å². The van der Waals surface area contributed by atoms with E-state index in [1.165, 1.54) is 83.5 Å². The Labute approximate surface area is 175 Å². The predicted octanol–water partition coefficient (Wildman–Crippen LogP) is 5.74. The molecular weight excluding hydrogens is 352 g/mol. The average molecular weight is 405 g/mol. The van der Waals surface area contributed by atoms with E-state index in [-0.39, 0.29) is 6.61 Å². The van der Waals surface area contributed by atoms with Crippen molar-refractivity contribution in [1.29, 1.82) is 0 Å². The molecule has 0 aromatic heterocycles. The molecule has 0 saturated heterocycles. The Bertz CT molecular complexity index is 271. The Balaban J connectivity index is 0. The summed E-state index contributed by atoms with van der Waals surface area (Å²) in [7, 11) is 0. The number of aliphatic hydroxyl groups is 4. The van der Waals surface area contributed by atoms with Crippen LogP contribution in [0.3, 0.4) is 0 Å². The van der Waals surface area contributed by atoms with Crippen molar-refractivity contribution >= 4 is 0 Å². The first-order valence-corrected chi connectivity index (χ1v) is 12.1. The van der Waals surface area contributed by atoms with Crippen LogP contribution in [0.1, 0.15) is 130 Å². The van der Waals surface area contributed by atoms with Gasteiger partial charge < -0.3 is 20.4 Å². The second-order valence-electron chi connectivity index (χ2n) is 8.32. The molecule has 0 aliphatic rings. The number of unbranched alkanes of at least 4 members (excludes halogenated alkanes) is 13. The van der Waals surface area contributed by atoms with Gasteiger partial charge in [0.05, 0.1) is 24.9 Å². The molecule has 0 radical (unpaired) electrons. The summed E-state index contributed by atoms with van der Waals surface area (Å²) in [6, 6.07) is 0. The average Bonchev–Trinajstić information content (AvgIpc) is 2.69. The van der Waals surface area contributed by atoms with Gasteiger partial charge >= 0.3 is 0 Å². The van der Waals surface area contributed by atoms with E-state index in [1.807, 2.05) is 0 Å². The fraction of sp³-hybridized carbons (Fsp3) is 1.00. The summed E-state index contributed by atoms with van der Waals surface area (Å²) in [5.74, 6) is 0. The molecule has 0 spiro atoms. The number of rotatable bonds is 19. The molecule has 28 heavy (non-hydrogen) atoms. The normalized spacial score (nSPS) is 14.2. The van der Waals surface area contributed by atoms with Crippen LogP contribution in [0, 0.1) is 0 Å². The molecular formula is C24H52O4. The van der Waals surface area contributed by atoms with Gasteiger partial charge in [0.2, 0.25) is 0 Å². The highest BCUT2D eigenvalue weighted by Gasteiger charge is 2.09. The SMILES string of the molecule is CCCCCCCCCC(O)C(C)O.CCCCCCCCCCC(O)CO. The van der Waals surface area contributed by atoms with Gasteiger partial charge in [0.25, 0.3) is 0 Å². The van der Waals surface area contributed by atoms with Gasteiger partial charge in [-0.1, -0.05) is 110 Å². The van der Waals surface area contributed by atoms with Crippen molar-refractivity contribution in [2.45, 2.75) is 148 Å². The number of hydrogen-bond acceptors (Lipinski definition) is 4. The van der Waals surface area contributed by atoms with Crippen LogP contribution >= 0.6 is 0 Å². The minimum Gasteiger partial charge on any atom is -0.394 e. The van der Waals surface area contributed by atoms with Gasteiger partial charge in [0.15, 0.2) is 0 Å². The Hall–Kier alpha value is -0.160. The smallest absolute Gasteiger partial charge is 0.0796 e. The number of hydrogen-bond donors (Lipinski definition) is 4. The van der Waals surface area contributed by atoms with Gasteiger partial charge in [-0.05, 0) is 19.8 Å². The maximum absolute atomic E-state index is 9.32. The Kier molecular flexibility index (Phi) is 26.7. The third-order valence-electron chi connectivity index (χ3n) is 5.26. The summed E-state index contributed by atoms with van der Waals surface area (Å²) in [6.07, 6.45) is 19.0. The lowest BCUT2D eigenvalue weighted by atomic mass is 10.0. The van der Waals surface area contributed by atoms with E-state index in [4.69, 9.17) is 15.3 Å². The molecule has 0 saturated carbocycles. The molecule has 0 amide bonds. The van der Waals surface area contributed by atoms with Gasteiger partial charge in [0, 0.05) is 0 Å². The van der Waals surface area contributed by atoms with Gasteiger partial charge in [-0.15, -0.1) is 0 Å². The standard InChI is InChI=1S/2C12H26O2/c1-3-4-5-6-7-8-9-10-12(14)11(2)13;1-2-3-4-5-6-7-8-9-10-12(14)11-13/h11-14H,3-10H2,1-2H3;12-14H,2-11H2,1H3. The van der Waals surface area contributed by atoms with Crippen molar-refractivity contribution in [3.8, 4) is 0 Å². The van der Waals surface area contributed by atoms with Crippen molar-refractivity contribution in [3.63, 3.8) is 0 Å². The van der Waals surface area contributed by atoms with Crippen LogP contribution in [-0.4, -0.2) is 45.3 Å². The van der Waals surface area contributed by atoms with E-state index in [1.54, 1.807) is 6.92 Å². The van der Waals surface area contributed by atoms with Crippen molar-refractivity contribution in [2.24, 2.45) is 0 Å². The van der Waals surface area contributed by atoms with E-state index >= 15 is 0 Å². The molecule has 0 aromatic rings. The molecule has 4 nitrogen and oxygen atoms in total. The summed E-state index contributed by atoms with van der Waals surface area (Å²) in [5, 5.41) is 36.0. The van der Waals surface area contributed by atoms with Crippen LogP contribution in [0.2, 0.25) is 0 Å². The highest BCUT2D eigenvalue weighted by Crippen LogP contribution is 2.11. The van der Waals surface area contributed by atoms with E-state index < -0.39 is 18.3 Å². The molecule has 172 valence electrons. The second kappa shape index (κ2) is 24.9. The van der Waals surface area contributed by atoms with Gasteiger partial charge in [-0.2, -0.15) is 0 Å². The molecule has 0 aliphatic carbocycles. The fourth-order valence-corrected chi connectivity index (χ4v) is 3.16. The van der Waals surface area contributed by atoms with Crippen LogP contribution in [0.5, 0.6) is 0 Å². The van der Waals surface area contributed by atoms with Crippen LogP contribution in [0.25, 0.3) is 0 Å². The molecule has 0 aliphatic heterocycles. The van der Waals surface area contributed by atoms with E-state index in [9.17, 15) is 5.11 Å². The van der Waals surface area contributed by atoms with E-state index in [0.29, 0.717) is 0 Å². The monoisotopic (exact) mass is 404 g/mol. The Morgan fingerprint density at radius 3 is 1.25 bits per heavy atom. The molecule has 4 N–H and O–H groups in total. The molecule has 4 heteroatoms. The van der Waals surface area contributed by atoms with Crippen molar-refractivity contribution in [3.05, 3.63) is 0 Å². The Morgan fingerprint density at radius 1 is 0.536 bits per heavy atom. The van der Waals surface area contributed by atoms with Crippen LogP contribution in [-0.2, 0) is 0 Å². The maximum atomic E-state index is 9.32. The molecule has 0 fully saturated rings. The van der Waals surface area contributed by atoms with Crippen LogP contribution in [0.4, 0.5) is 0 Å². The van der Waals surface area contributed by atoms with E-state index in [2.05, 4.69) is 13.8 Å². The minimum atomic E-state index is -0.574. The van der Waals surface area contributed by atoms with Gasteiger partial charge in [-0.3, -0.25) is 0 Å². The first-order chi connectivity index (χ1) is 13.5. The van der Waals surface area contributed by atoms with Gasteiger partial charge in [-0.25, -0.2) is 0 Å². The van der Waals surface area contributed by atoms with Crippen molar-refractivity contribution < 1.29 is 20.4 Å². The zero-order valence-corrected chi connectivity index (χ0v) is 19.2. The Morgan fingerprint density at radius 2 is 0.893 bits per heavy atom. The highest BCUT2D eigenvalue weighted by molar-refractivity contribution is 4.61. The zero-order valence-electron chi connectivity index (χ0n) is 19.2. The number of aliphatic hydroxyl groups excluding tert-OH is 4. The minimum absolute atomic E-state index is 0.0868. The zero-order chi connectivity index (χ0) is 21.5. The van der Waals surface area contributed by atoms with E-state index in [0.717, 1.165) is 25.7 Å². The highest BCUT2D eigenvalue weighted by atomic mass is 16.3. The fourth-order valence-electron chi connectivity index (χ4n) is 3.16. The van der Waals surface area contributed by atoms with Gasteiger partial charge in [0.1, 0.15) is 0 Å². The third kappa shape index (κ3) is 25.8. The summed E-state index contributed by atoms with van der Waals surface area (Å²) in [4.78, 5) is 0. The molecule has 3 unspecified atom stereocenters. The molecule has 0 bridgehead atoms. The first-order valence-electron chi connectivity index (χ1n) is 12.1. The maximum Gasteiger partial charge on any atom is 0.0796 e. The predicted molar refractivity (Wildman–Crippen MR) is 121 cm³/mol. The summed E-state index contributed by atoms with van der Waals surface area (Å²) < 4.78 is 0. The molecule has 0 rings (SSSR count). The van der Waals surface area contributed by atoms with Crippen molar-refractivity contribution in [1.82, 2.24) is 0 Å². The summed E-state index contributed by atoms with van der Waals surface area (Å²) in [6.45, 7) is 6.01. The lowest BCUT2D eigenvalue weighted by Gasteiger charge is -2.12. The third-order valence-corrected chi connectivity index (χ3v) is 5.26. The van der Waals surface area contributed by atoms with Crippen LogP contribution < -0.4 is 0 Å². The largest absolute Gasteiger partial charge is 0.394 e. The first kappa shape index (κ1) is 30.0. The summed E-state index contributed by atoms with van der Waals surface area (Å²) in [5.41, 5.74) is 0. The topological polar surface area (TPSA) is 80.9 Å². The molecule has 0 aromatic carbocycles. The lowest BCUT2D eigenvalue weighted by molar-refractivity contribution is 0.0247. The summed E-state index contributed by atoms with van der Waals surface area (Å²) >= 11 is 0. The second-order valence-corrected chi connectivity index (χ2v) is 8.32. The lowest BCUT2D eigenvalue weighted by Crippen LogP contribution is -2.21. The van der Waals surface area contributed by atoms with Crippen LogP contribution in [0.15, 0.2) is 0 Å².